The Bertz CT molecular complexity index is 740. The van der Waals surface area contributed by atoms with Gasteiger partial charge < -0.3 is 10.6 Å². The second-order valence-corrected chi connectivity index (χ2v) is 6.55. The van der Waals surface area contributed by atoms with Crippen molar-refractivity contribution in [1.29, 1.82) is 0 Å². The first kappa shape index (κ1) is 18.3. The van der Waals surface area contributed by atoms with E-state index in [1.165, 1.54) is 0 Å². The number of amides is 2. The van der Waals surface area contributed by atoms with Crippen molar-refractivity contribution >= 4 is 46.4 Å². The smallest absolute Gasteiger partial charge is 0.233 e. The van der Waals surface area contributed by atoms with E-state index in [1.807, 2.05) is 38.1 Å². The molecule has 0 aliphatic carbocycles. The molecule has 2 aromatic rings. The molecule has 0 heterocycles. The molecule has 0 bridgehead atoms. The van der Waals surface area contributed by atoms with Crippen molar-refractivity contribution in [3.05, 3.63) is 58.1 Å². The van der Waals surface area contributed by atoms with Crippen molar-refractivity contribution in [3.63, 3.8) is 0 Å². The lowest BCUT2D eigenvalue weighted by atomic mass is 10.0. The molecule has 4 nitrogen and oxygen atoms in total. The minimum Gasteiger partial charge on any atom is -0.326 e. The zero-order valence-electron chi connectivity index (χ0n) is 13.4. The standard InChI is InChI=1S/C18H18Cl2N2O2/c1-11(2)15-5-3-4-6-16(15)22-18(24)10-17(23)21-14-8-12(19)7-13(20)9-14/h3-9,11H,10H2,1-2H3,(H,21,23)(H,22,24). The largest absolute Gasteiger partial charge is 0.326 e. The van der Waals surface area contributed by atoms with Gasteiger partial charge in [-0.3, -0.25) is 9.59 Å². The Morgan fingerprint density at radius 1 is 0.958 bits per heavy atom. The molecule has 2 rings (SSSR count). The van der Waals surface area contributed by atoms with Crippen LogP contribution in [0.4, 0.5) is 11.4 Å². The molecule has 6 heteroatoms. The van der Waals surface area contributed by atoms with Crippen LogP contribution in [0.1, 0.15) is 31.7 Å². The molecule has 0 fully saturated rings. The number of anilines is 2. The molecule has 2 amide bonds. The number of carbonyl (C=O) groups excluding carboxylic acids is 2. The van der Waals surface area contributed by atoms with E-state index in [-0.39, 0.29) is 18.2 Å². The van der Waals surface area contributed by atoms with Crippen molar-refractivity contribution in [2.75, 3.05) is 10.6 Å². The van der Waals surface area contributed by atoms with Gasteiger partial charge in [0.1, 0.15) is 6.42 Å². The van der Waals surface area contributed by atoms with Gasteiger partial charge in [-0.25, -0.2) is 0 Å². The third-order valence-electron chi connectivity index (χ3n) is 3.32. The van der Waals surface area contributed by atoms with Gasteiger partial charge in [0.05, 0.1) is 0 Å². The molecule has 0 saturated heterocycles. The Morgan fingerprint density at radius 2 is 1.54 bits per heavy atom. The third-order valence-corrected chi connectivity index (χ3v) is 3.76. The van der Waals surface area contributed by atoms with Gasteiger partial charge in [-0.05, 0) is 35.7 Å². The highest BCUT2D eigenvalue weighted by Gasteiger charge is 2.13. The van der Waals surface area contributed by atoms with E-state index in [9.17, 15) is 9.59 Å². The molecule has 0 unspecified atom stereocenters. The molecule has 0 atom stereocenters. The van der Waals surface area contributed by atoms with Crippen molar-refractivity contribution in [1.82, 2.24) is 0 Å². The Hall–Kier alpha value is -2.04. The van der Waals surface area contributed by atoms with Crippen LogP contribution >= 0.6 is 23.2 Å². The van der Waals surface area contributed by atoms with Gasteiger partial charge in [0.2, 0.25) is 11.8 Å². The molecule has 0 aromatic heterocycles. The average molecular weight is 365 g/mol. The number of rotatable bonds is 5. The lowest BCUT2D eigenvalue weighted by Crippen LogP contribution is -2.22. The van der Waals surface area contributed by atoms with Gasteiger partial charge in [0.25, 0.3) is 0 Å². The number of halogens is 2. The zero-order chi connectivity index (χ0) is 17.7. The molecule has 2 N–H and O–H groups in total. The van der Waals surface area contributed by atoms with Crippen LogP contribution in [0.5, 0.6) is 0 Å². The summed E-state index contributed by atoms with van der Waals surface area (Å²) in [7, 11) is 0. The van der Waals surface area contributed by atoms with Crippen LogP contribution in [0.2, 0.25) is 10.0 Å². The third kappa shape index (κ3) is 5.25. The van der Waals surface area contributed by atoms with E-state index in [0.29, 0.717) is 15.7 Å². The normalized spacial score (nSPS) is 10.5. The minimum absolute atomic E-state index is 0.268. The van der Waals surface area contributed by atoms with Crippen LogP contribution in [0.3, 0.4) is 0 Å². The second-order valence-electron chi connectivity index (χ2n) is 5.67. The van der Waals surface area contributed by atoms with E-state index in [1.54, 1.807) is 18.2 Å². The maximum atomic E-state index is 12.1. The highest BCUT2D eigenvalue weighted by molar-refractivity contribution is 6.35. The lowest BCUT2D eigenvalue weighted by Gasteiger charge is -2.13. The summed E-state index contributed by atoms with van der Waals surface area (Å²) in [6, 6.07) is 12.2. The molecule has 0 aliphatic rings. The fourth-order valence-corrected chi connectivity index (χ4v) is 2.81. The summed E-state index contributed by atoms with van der Waals surface area (Å²) in [6.07, 6.45) is -0.295. The van der Waals surface area contributed by atoms with Crippen LogP contribution < -0.4 is 10.6 Å². The summed E-state index contributed by atoms with van der Waals surface area (Å²) in [5.41, 5.74) is 2.19. The van der Waals surface area contributed by atoms with Gasteiger partial charge in [0.15, 0.2) is 0 Å². The minimum atomic E-state index is -0.437. The molecular weight excluding hydrogens is 347 g/mol. The van der Waals surface area contributed by atoms with E-state index in [4.69, 9.17) is 23.2 Å². The predicted molar refractivity (Wildman–Crippen MR) is 98.9 cm³/mol. The number of benzene rings is 2. The fraction of sp³-hybridized carbons (Fsp3) is 0.222. The van der Waals surface area contributed by atoms with E-state index in [0.717, 1.165) is 11.3 Å². The first-order valence-corrected chi connectivity index (χ1v) is 8.25. The Morgan fingerprint density at radius 3 is 2.17 bits per heavy atom. The van der Waals surface area contributed by atoms with Gasteiger partial charge in [0, 0.05) is 21.4 Å². The second kappa shape index (κ2) is 8.18. The maximum Gasteiger partial charge on any atom is 0.233 e. The predicted octanol–water partition coefficient (Wildman–Crippen LogP) is 5.08. The maximum absolute atomic E-state index is 12.1. The van der Waals surface area contributed by atoms with Gasteiger partial charge in [-0.2, -0.15) is 0 Å². The van der Waals surface area contributed by atoms with Crippen molar-refractivity contribution in [3.8, 4) is 0 Å². The SMILES string of the molecule is CC(C)c1ccccc1NC(=O)CC(=O)Nc1cc(Cl)cc(Cl)c1. The molecule has 2 aromatic carbocycles. The highest BCUT2D eigenvalue weighted by atomic mass is 35.5. The average Bonchev–Trinajstić information content (AvgIpc) is 2.45. The van der Waals surface area contributed by atoms with Crippen LogP contribution in [-0.2, 0) is 9.59 Å². The Balaban J connectivity index is 1.98. The molecule has 0 saturated carbocycles. The molecule has 0 aliphatic heterocycles. The fourth-order valence-electron chi connectivity index (χ4n) is 2.29. The molecular formula is C18H18Cl2N2O2. The van der Waals surface area contributed by atoms with Gasteiger partial charge >= 0.3 is 0 Å². The summed E-state index contributed by atoms with van der Waals surface area (Å²) in [5.74, 6) is -0.550. The first-order chi connectivity index (χ1) is 11.3. The lowest BCUT2D eigenvalue weighted by molar-refractivity contribution is -0.123. The van der Waals surface area contributed by atoms with Crippen LogP contribution in [-0.4, -0.2) is 11.8 Å². The van der Waals surface area contributed by atoms with Crippen LogP contribution in [0, 0.1) is 0 Å². The number of hydrogen-bond donors (Lipinski definition) is 2. The zero-order valence-corrected chi connectivity index (χ0v) is 14.9. The summed E-state index contributed by atoms with van der Waals surface area (Å²) >= 11 is 11.8. The van der Waals surface area contributed by atoms with Crippen molar-refractivity contribution in [2.24, 2.45) is 0 Å². The van der Waals surface area contributed by atoms with Crippen LogP contribution in [0.15, 0.2) is 42.5 Å². The van der Waals surface area contributed by atoms with Crippen molar-refractivity contribution < 1.29 is 9.59 Å². The number of para-hydroxylation sites is 1. The summed E-state index contributed by atoms with van der Waals surface area (Å²) in [5, 5.41) is 6.21. The van der Waals surface area contributed by atoms with E-state index >= 15 is 0 Å². The molecule has 24 heavy (non-hydrogen) atoms. The molecule has 126 valence electrons. The number of nitrogens with one attached hydrogen (secondary N) is 2. The van der Waals surface area contributed by atoms with Crippen LogP contribution in [0.25, 0.3) is 0 Å². The van der Waals surface area contributed by atoms with Gasteiger partial charge in [-0.1, -0.05) is 55.2 Å². The summed E-state index contributed by atoms with van der Waals surface area (Å²) < 4.78 is 0. The Kier molecular flexibility index (Phi) is 6.23. The number of carbonyl (C=O) groups is 2. The van der Waals surface area contributed by atoms with Gasteiger partial charge in [-0.15, -0.1) is 0 Å². The summed E-state index contributed by atoms with van der Waals surface area (Å²) in [4.78, 5) is 24.1. The first-order valence-electron chi connectivity index (χ1n) is 7.50. The highest BCUT2D eigenvalue weighted by Crippen LogP contribution is 2.24. The van der Waals surface area contributed by atoms with E-state index < -0.39 is 5.91 Å². The Labute approximate surface area is 151 Å². The van der Waals surface area contributed by atoms with Crippen molar-refractivity contribution in [2.45, 2.75) is 26.2 Å². The molecule has 0 spiro atoms. The number of hydrogen-bond acceptors (Lipinski definition) is 2. The molecule has 0 radical (unpaired) electrons. The summed E-state index contributed by atoms with van der Waals surface area (Å²) in [6.45, 7) is 4.08. The quantitative estimate of drug-likeness (QED) is 0.726. The van der Waals surface area contributed by atoms with E-state index in [2.05, 4.69) is 10.6 Å². The monoisotopic (exact) mass is 364 g/mol. The topological polar surface area (TPSA) is 58.2 Å².